The maximum Gasteiger partial charge on any atom is 0.399 e. The maximum atomic E-state index is 12.2. The Kier molecular flexibility index (Phi) is 3.47. The van der Waals surface area contributed by atoms with Crippen LogP contribution in [0.4, 0.5) is 8.78 Å². The van der Waals surface area contributed by atoms with Gasteiger partial charge in [0.2, 0.25) is 0 Å². The minimum atomic E-state index is -3.77. The second-order valence-corrected chi connectivity index (χ2v) is 3.78. The van der Waals surface area contributed by atoms with Crippen molar-refractivity contribution >= 4 is 17.5 Å². The smallest absolute Gasteiger partial charge is 0.347 e. The molecule has 0 atom stereocenters. The van der Waals surface area contributed by atoms with Crippen LogP contribution in [-0.4, -0.2) is 17.3 Å². The average molecular weight is 212 g/mol. The minimum Gasteiger partial charge on any atom is -0.347 e. The average Bonchev–Trinajstić information content (AvgIpc) is 2.04. The highest BCUT2D eigenvalue weighted by molar-refractivity contribution is 6.32. The summed E-state index contributed by atoms with van der Waals surface area (Å²) >= 11 is 4.56. The molecule has 1 rings (SSSR count). The standard InChI is InChI=1S/C8H12ClF2NO/c9-8(10,11)7(13)12-6-4-2-1-3-5-6/h6H,1-5H2,(H,12,13). The predicted octanol–water partition coefficient (Wildman–Crippen LogP) is 2.27. The summed E-state index contributed by atoms with van der Waals surface area (Å²) in [6, 6.07) is -0.120. The summed E-state index contributed by atoms with van der Waals surface area (Å²) < 4.78 is 24.4. The van der Waals surface area contributed by atoms with Gasteiger partial charge in [-0.15, -0.1) is 0 Å². The molecule has 1 N–H and O–H groups in total. The van der Waals surface area contributed by atoms with Gasteiger partial charge in [-0.1, -0.05) is 19.3 Å². The third kappa shape index (κ3) is 3.46. The van der Waals surface area contributed by atoms with E-state index >= 15 is 0 Å². The van der Waals surface area contributed by atoms with Crippen molar-refractivity contribution in [1.29, 1.82) is 0 Å². The van der Waals surface area contributed by atoms with E-state index in [1.165, 1.54) is 0 Å². The molecule has 0 aromatic heterocycles. The quantitative estimate of drug-likeness (QED) is 0.698. The fourth-order valence-corrected chi connectivity index (χ4v) is 1.57. The summed E-state index contributed by atoms with van der Waals surface area (Å²) in [6.45, 7) is 0. The summed E-state index contributed by atoms with van der Waals surface area (Å²) in [4.78, 5) is 10.7. The first-order chi connectivity index (χ1) is 6.00. The van der Waals surface area contributed by atoms with Crippen LogP contribution >= 0.6 is 11.6 Å². The molecule has 2 nitrogen and oxygen atoms in total. The Bertz CT molecular complexity index is 187. The van der Waals surface area contributed by atoms with Crippen molar-refractivity contribution in [3.8, 4) is 0 Å². The summed E-state index contributed by atoms with van der Waals surface area (Å²) in [5.41, 5.74) is 0. The van der Waals surface area contributed by atoms with E-state index in [2.05, 4.69) is 16.9 Å². The minimum absolute atomic E-state index is 0.120. The summed E-state index contributed by atoms with van der Waals surface area (Å²) in [5.74, 6) is -1.37. The lowest BCUT2D eigenvalue weighted by Crippen LogP contribution is -2.43. The molecule has 1 aliphatic rings. The molecule has 1 fully saturated rings. The summed E-state index contributed by atoms with van der Waals surface area (Å²) in [6.07, 6.45) is 4.64. The van der Waals surface area contributed by atoms with E-state index < -0.39 is 11.3 Å². The molecular formula is C8H12ClF2NO. The van der Waals surface area contributed by atoms with E-state index in [-0.39, 0.29) is 6.04 Å². The van der Waals surface area contributed by atoms with Crippen LogP contribution < -0.4 is 5.32 Å². The number of hydrogen-bond donors (Lipinski definition) is 1. The van der Waals surface area contributed by atoms with Crippen molar-refractivity contribution in [2.24, 2.45) is 0 Å². The topological polar surface area (TPSA) is 29.1 Å². The van der Waals surface area contributed by atoms with Crippen molar-refractivity contribution in [3.05, 3.63) is 0 Å². The molecule has 0 bridgehead atoms. The molecule has 0 spiro atoms. The van der Waals surface area contributed by atoms with Gasteiger partial charge in [-0.2, -0.15) is 8.78 Å². The van der Waals surface area contributed by atoms with Gasteiger partial charge in [0, 0.05) is 6.04 Å². The van der Waals surface area contributed by atoms with Gasteiger partial charge in [0.25, 0.3) is 0 Å². The molecule has 1 amide bonds. The van der Waals surface area contributed by atoms with Crippen molar-refractivity contribution < 1.29 is 13.6 Å². The van der Waals surface area contributed by atoms with Crippen LogP contribution in [0.25, 0.3) is 0 Å². The Morgan fingerprint density at radius 2 is 1.85 bits per heavy atom. The highest BCUT2D eigenvalue weighted by Crippen LogP contribution is 2.22. The van der Waals surface area contributed by atoms with Gasteiger partial charge in [0.15, 0.2) is 0 Å². The normalized spacial score (nSPS) is 19.9. The van der Waals surface area contributed by atoms with Gasteiger partial charge in [0.1, 0.15) is 0 Å². The van der Waals surface area contributed by atoms with Gasteiger partial charge < -0.3 is 5.32 Å². The first-order valence-corrected chi connectivity index (χ1v) is 4.75. The van der Waals surface area contributed by atoms with Crippen LogP contribution in [0.15, 0.2) is 0 Å². The van der Waals surface area contributed by atoms with Crippen LogP contribution in [0.5, 0.6) is 0 Å². The molecule has 1 saturated carbocycles. The second kappa shape index (κ2) is 4.22. The lowest BCUT2D eigenvalue weighted by atomic mass is 9.95. The Morgan fingerprint density at radius 1 is 1.31 bits per heavy atom. The number of amides is 1. The Hall–Kier alpha value is -0.380. The Morgan fingerprint density at radius 3 is 2.31 bits per heavy atom. The molecule has 0 aromatic carbocycles. The highest BCUT2D eigenvalue weighted by Gasteiger charge is 2.36. The fraction of sp³-hybridized carbons (Fsp3) is 0.875. The molecule has 0 aliphatic heterocycles. The zero-order valence-electron chi connectivity index (χ0n) is 7.16. The van der Waals surface area contributed by atoms with E-state index in [4.69, 9.17) is 0 Å². The van der Waals surface area contributed by atoms with Gasteiger partial charge in [-0.25, -0.2) is 0 Å². The van der Waals surface area contributed by atoms with E-state index in [9.17, 15) is 13.6 Å². The number of hydrogen-bond acceptors (Lipinski definition) is 1. The number of halogens is 3. The van der Waals surface area contributed by atoms with Crippen molar-refractivity contribution in [1.82, 2.24) is 5.32 Å². The SMILES string of the molecule is O=C(NC1CCCCC1)C(F)(F)Cl. The number of alkyl halides is 3. The van der Waals surface area contributed by atoms with Crippen molar-refractivity contribution in [2.45, 2.75) is 43.5 Å². The maximum absolute atomic E-state index is 12.2. The van der Waals surface area contributed by atoms with Crippen molar-refractivity contribution in [3.63, 3.8) is 0 Å². The summed E-state index contributed by atoms with van der Waals surface area (Å²) in [7, 11) is 0. The van der Waals surface area contributed by atoms with Crippen LogP contribution in [0, 0.1) is 0 Å². The lowest BCUT2D eigenvalue weighted by Gasteiger charge is -2.23. The molecular weight excluding hydrogens is 200 g/mol. The largest absolute Gasteiger partial charge is 0.399 e. The molecule has 13 heavy (non-hydrogen) atoms. The Labute approximate surface area is 80.6 Å². The van der Waals surface area contributed by atoms with Gasteiger partial charge >= 0.3 is 11.3 Å². The number of carbonyl (C=O) groups excluding carboxylic acids is 1. The zero-order valence-corrected chi connectivity index (χ0v) is 7.91. The van der Waals surface area contributed by atoms with Crippen LogP contribution in [-0.2, 0) is 4.79 Å². The van der Waals surface area contributed by atoms with E-state index in [1.807, 2.05) is 0 Å². The number of carbonyl (C=O) groups is 1. The van der Waals surface area contributed by atoms with Gasteiger partial charge in [0.05, 0.1) is 0 Å². The third-order valence-corrected chi connectivity index (χ3v) is 2.37. The zero-order chi connectivity index (χ0) is 9.90. The predicted molar refractivity (Wildman–Crippen MR) is 45.8 cm³/mol. The van der Waals surface area contributed by atoms with Gasteiger partial charge in [-0.3, -0.25) is 4.79 Å². The van der Waals surface area contributed by atoms with Crippen LogP contribution in [0.2, 0.25) is 0 Å². The molecule has 5 heteroatoms. The molecule has 0 radical (unpaired) electrons. The first-order valence-electron chi connectivity index (χ1n) is 4.38. The van der Waals surface area contributed by atoms with Crippen LogP contribution in [0.3, 0.4) is 0 Å². The second-order valence-electron chi connectivity index (χ2n) is 3.31. The van der Waals surface area contributed by atoms with Crippen molar-refractivity contribution in [2.75, 3.05) is 0 Å². The van der Waals surface area contributed by atoms with E-state index in [0.29, 0.717) is 0 Å². The highest BCUT2D eigenvalue weighted by atomic mass is 35.5. The Balaban J connectivity index is 2.35. The van der Waals surface area contributed by atoms with Crippen LogP contribution in [0.1, 0.15) is 32.1 Å². The number of rotatable bonds is 2. The molecule has 0 heterocycles. The third-order valence-electron chi connectivity index (χ3n) is 2.20. The molecule has 0 saturated heterocycles. The lowest BCUT2D eigenvalue weighted by molar-refractivity contribution is -0.136. The number of nitrogens with one attached hydrogen (secondary N) is 1. The first kappa shape index (κ1) is 10.7. The molecule has 0 unspecified atom stereocenters. The molecule has 0 aromatic rings. The summed E-state index contributed by atoms with van der Waals surface area (Å²) in [5, 5.41) is -1.53. The van der Waals surface area contributed by atoms with E-state index in [1.54, 1.807) is 0 Å². The fourth-order valence-electron chi connectivity index (χ4n) is 1.51. The molecule has 1 aliphatic carbocycles. The van der Waals surface area contributed by atoms with Gasteiger partial charge in [-0.05, 0) is 24.4 Å². The monoisotopic (exact) mass is 211 g/mol. The van der Waals surface area contributed by atoms with E-state index in [0.717, 1.165) is 32.1 Å². The molecule has 76 valence electrons.